The van der Waals surface area contributed by atoms with Gasteiger partial charge in [-0.05, 0) is 25.2 Å². The molecular formula is C13H22N4O. The van der Waals surface area contributed by atoms with Crippen LogP contribution in [0, 0.1) is 5.92 Å². The molecule has 0 saturated heterocycles. The van der Waals surface area contributed by atoms with E-state index < -0.39 is 0 Å². The molecule has 100 valence electrons. The SMILES string of the molecule is COC1(c2ncc(CN)c(N)n2)CCCC(C)C1. The van der Waals surface area contributed by atoms with Gasteiger partial charge in [0.15, 0.2) is 5.82 Å². The van der Waals surface area contributed by atoms with E-state index in [0.29, 0.717) is 24.1 Å². The van der Waals surface area contributed by atoms with Gasteiger partial charge >= 0.3 is 0 Å². The lowest BCUT2D eigenvalue weighted by Crippen LogP contribution is -2.36. The lowest BCUT2D eigenvalue weighted by atomic mass is 9.78. The van der Waals surface area contributed by atoms with E-state index in [2.05, 4.69) is 16.9 Å². The smallest absolute Gasteiger partial charge is 0.162 e. The zero-order valence-electron chi connectivity index (χ0n) is 11.1. The molecule has 2 rings (SSSR count). The van der Waals surface area contributed by atoms with Gasteiger partial charge in [-0.1, -0.05) is 13.3 Å². The third-order valence-electron chi connectivity index (χ3n) is 3.87. The van der Waals surface area contributed by atoms with Crippen LogP contribution in [0.5, 0.6) is 0 Å². The lowest BCUT2D eigenvalue weighted by molar-refractivity contribution is -0.0645. The minimum absolute atomic E-state index is 0.364. The van der Waals surface area contributed by atoms with Gasteiger partial charge in [0.05, 0.1) is 0 Å². The highest BCUT2D eigenvalue weighted by Crippen LogP contribution is 2.41. The number of ether oxygens (including phenoxy) is 1. The van der Waals surface area contributed by atoms with Crippen molar-refractivity contribution >= 4 is 5.82 Å². The van der Waals surface area contributed by atoms with Crippen molar-refractivity contribution in [1.29, 1.82) is 0 Å². The number of nitrogens with two attached hydrogens (primary N) is 2. The van der Waals surface area contributed by atoms with Crippen LogP contribution in [0.1, 0.15) is 44.0 Å². The molecule has 5 heteroatoms. The zero-order chi connectivity index (χ0) is 13.2. The Hall–Kier alpha value is -1.20. The third kappa shape index (κ3) is 2.33. The van der Waals surface area contributed by atoms with Crippen molar-refractivity contribution in [2.75, 3.05) is 12.8 Å². The van der Waals surface area contributed by atoms with Gasteiger partial charge in [-0.15, -0.1) is 0 Å². The summed E-state index contributed by atoms with van der Waals surface area (Å²) in [6.07, 6.45) is 6.00. The molecule has 0 amide bonds. The summed E-state index contributed by atoms with van der Waals surface area (Å²) >= 11 is 0. The molecule has 4 N–H and O–H groups in total. The van der Waals surface area contributed by atoms with E-state index in [1.807, 2.05) is 0 Å². The van der Waals surface area contributed by atoms with Gasteiger partial charge in [0.1, 0.15) is 11.4 Å². The monoisotopic (exact) mass is 250 g/mol. The van der Waals surface area contributed by atoms with Crippen LogP contribution in [0.15, 0.2) is 6.20 Å². The number of hydrogen-bond acceptors (Lipinski definition) is 5. The number of aromatic nitrogens is 2. The number of nitrogen functional groups attached to an aromatic ring is 1. The number of methoxy groups -OCH3 is 1. The molecule has 1 aromatic heterocycles. The van der Waals surface area contributed by atoms with Crippen LogP contribution in [0.25, 0.3) is 0 Å². The molecule has 1 aliphatic rings. The topological polar surface area (TPSA) is 87.0 Å². The van der Waals surface area contributed by atoms with Gasteiger partial charge in [-0.2, -0.15) is 0 Å². The Morgan fingerprint density at radius 2 is 2.33 bits per heavy atom. The summed E-state index contributed by atoms with van der Waals surface area (Å²) < 4.78 is 5.75. The number of hydrogen-bond donors (Lipinski definition) is 2. The summed E-state index contributed by atoms with van der Waals surface area (Å²) in [5.74, 6) is 1.79. The maximum atomic E-state index is 5.90. The summed E-state index contributed by atoms with van der Waals surface area (Å²) in [4.78, 5) is 8.82. The van der Waals surface area contributed by atoms with Crippen molar-refractivity contribution in [1.82, 2.24) is 9.97 Å². The van der Waals surface area contributed by atoms with Gasteiger partial charge in [0.25, 0.3) is 0 Å². The molecule has 0 bridgehead atoms. The van der Waals surface area contributed by atoms with Crippen molar-refractivity contribution in [3.05, 3.63) is 17.6 Å². The van der Waals surface area contributed by atoms with Gasteiger partial charge in [0.2, 0.25) is 0 Å². The normalized spacial score (nSPS) is 28.3. The van der Waals surface area contributed by atoms with Crippen LogP contribution in [-0.4, -0.2) is 17.1 Å². The second-order valence-electron chi connectivity index (χ2n) is 5.21. The highest BCUT2D eigenvalue weighted by atomic mass is 16.5. The maximum Gasteiger partial charge on any atom is 0.162 e. The fourth-order valence-corrected chi connectivity index (χ4v) is 2.78. The van der Waals surface area contributed by atoms with Crippen molar-refractivity contribution in [2.24, 2.45) is 11.7 Å². The first-order valence-corrected chi connectivity index (χ1v) is 6.48. The molecular weight excluding hydrogens is 228 g/mol. The number of rotatable bonds is 3. The highest BCUT2D eigenvalue weighted by Gasteiger charge is 2.39. The molecule has 18 heavy (non-hydrogen) atoms. The van der Waals surface area contributed by atoms with Crippen LogP contribution in [0.4, 0.5) is 5.82 Å². The fraction of sp³-hybridized carbons (Fsp3) is 0.692. The Balaban J connectivity index is 2.35. The molecule has 1 saturated carbocycles. The molecule has 1 heterocycles. The van der Waals surface area contributed by atoms with Gasteiger partial charge < -0.3 is 16.2 Å². The van der Waals surface area contributed by atoms with Crippen molar-refractivity contribution in [2.45, 2.75) is 44.8 Å². The van der Waals surface area contributed by atoms with E-state index in [9.17, 15) is 0 Å². The predicted molar refractivity (Wildman–Crippen MR) is 70.7 cm³/mol. The zero-order valence-corrected chi connectivity index (χ0v) is 11.1. The first-order valence-electron chi connectivity index (χ1n) is 6.48. The van der Waals surface area contributed by atoms with Crippen LogP contribution in [-0.2, 0) is 16.9 Å². The first-order chi connectivity index (χ1) is 8.61. The molecule has 0 radical (unpaired) electrons. The molecule has 5 nitrogen and oxygen atoms in total. The van der Waals surface area contributed by atoms with Gasteiger partial charge in [-0.25, -0.2) is 9.97 Å². The fourth-order valence-electron chi connectivity index (χ4n) is 2.78. The first kappa shape index (κ1) is 13.2. The Labute approximate surface area is 108 Å². The molecule has 2 atom stereocenters. The number of anilines is 1. The Kier molecular flexibility index (Phi) is 3.82. The summed E-state index contributed by atoms with van der Waals surface area (Å²) in [6.45, 7) is 2.60. The highest BCUT2D eigenvalue weighted by molar-refractivity contribution is 5.38. The number of nitrogens with zero attached hydrogens (tertiary/aromatic N) is 2. The van der Waals surface area contributed by atoms with E-state index in [0.717, 1.165) is 24.8 Å². The van der Waals surface area contributed by atoms with Crippen LogP contribution < -0.4 is 11.5 Å². The Bertz CT molecular complexity index is 423. The minimum atomic E-state index is -0.376. The second-order valence-corrected chi connectivity index (χ2v) is 5.21. The van der Waals surface area contributed by atoms with E-state index in [1.54, 1.807) is 13.3 Å². The summed E-state index contributed by atoms with van der Waals surface area (Å²) in [7, 11) is 1.73. The molecule has 1 aromatic rings. The Morgan fingerprint density at radius 3 is 2.89 bits per heavy atom. The summed E-state index contributed by atoms with van der Waals surface area (Å²) in [6, 6.07) is 0. The van der Waals surface area contributed by atoms with E-state index in [-0.39, 0.29) is 5.60 Å². The largest absolute Gasteiger partial charge is 0.383 e. The summed E-state index contributed by atoms with van der Waals surface area (Å²) in [5, 5.41) is 0. The molecule has 2 unspecified atom stereocenters. The van der Waals surface area contributed by atoms with Crippen molar-refractivity contribution in [3.63, 3.8) is 0 Å². The molecule has 1 fully saturated rings. The standard InChI is InChI=1S/C13H22N4O/c1-9-4-3-5-13(6-9,18-2)12-16-8-10(7-14)11(15)17-12/h8-9H,3-7,14H2,1-2H3,(H2,15,16,17). The quantitative estimate of drug-likeness (QED) is 0.850. The second kappa shape index (κ2) is 5.20. The third-order valence-corrected chi connectivity index (χ3v) is 3.87. The summed E-state index contributed by atoms with van der Waals surface area (Å²) in [5.41, 5.74) is 11.9. The predicted octanol–water partition coefficient (Wildman–Crippen LogP) is 1.57. The van der Waals surface area contributed by atoms with E-state index >= 15 is 0 Å². The minimum Gasteiger partial charge on any atom is -0.383 e. The van der Waals surface area contributed by atoms with E-state index in [1.165, 1.54) is 6.42 Å². The van der Waals surface area contributed by atoms with Crippen molar-refractivity contribution in [3.8, 4) is 0 Å². The van der Waals surface area contributed by atoms with Gasteiger partial charge in [0, 0.05) is 25.4 Å². The molecule has 0 aliphatic heterocycles. The van der Waals surface area contributed by atoms with Crippen LogP contribution in [0.3, 0.4) is 0 Å². The van der Waals surface area contributed by atoms with Gasteiger partial charge in [-0.3, -0.25) is 0 Å². The average Bonchev–Trinajstić information content (AvgIpc) is 2.38. The average molecular weight is 250 g/mol. The lowest BCUT2D eigenvalue weighted by Gasteiger charge is -2.37. The Morgan fingerprint density at radius 1 is 1.56 bits per heavy atom. The maximum absolute atomic E-state index is 5.90. The molecule has 1 aliphatic carbocycles. The molecule has 0 spiro atoms. The van der Waals surface area contributed by atoms with Crippen LogP contribution in [0.2, 0.25) is 0 Å². The molecule has 0 aromatic carbocycles. The van der Waals surface area contributed by atoms with Crippen molar-refractivity contribution < 1.29 is 4.74 Å². The van der Waals surface area contributed by atoms with E-state index in [4.69, 9.17) is 16.2 Å². The van der Waals surface area contributed by atoms with Crippen LogP contribution >= 0.6 is 0 Å².